The maximum Gasteiger partial charge on any atom is 0.401 e. The van der Waals surface area contributed by atoms with Crippen molar-refractivity contribution in [3.63, 3.8) is 0 Å². The minimum absolute atomic E-state index is 0.0414. The lowest BCUT2D eigenvalue weighted by Crippen LogP contribution is -2.40. The Morgan fingerprint density at radius 2 is 2.06 bits per heavy atom. The van der Waals surface area contributed by atoms with Gasteiger partial charge in [-0.05, 0) is 11.3 Å². The summed E-state index contributed by atoms with van der Waals surface area (Å²) in [5.41, 5.74) is 0.0414. The predicted octanol–water partition coefficient (Wildman–Crippen LogP) is 1.64. The second-order valence-corrected chi connectivity index (χ2v) is 5.38. The van der Waals surface area contributed by atoms with E-state index < -0.39 is 12.7 Å². The van der Waals surface area contributed by atoms with Gasteiger partial charge < -0.3 is 10.2 Å². The van der Waals surface area contributed by atoms with E-state index >= 15 is 0 Å². The van der Waals surface area contributed by atoms with Gasteiger partial charge in [-0.15, -0.1) is 0 Å². The van der Waals surface area contributed by atoms with Crippen LogP contribution in [0.1, 0.15) is 20.8 Å². The molecule has 0 saturated carbocycles. The molecule has 1 aliphatic rings. The Morgan fingerprint density at radius 3 is 2.47 bits per heavy atom. The highest BCUT2D eigenvalue weighted by atomic mass is 19.4. The molecule has 0 radical (unpaired) electrons. The molecule has 1 N–H and O–H groups in total. The second-order valence-electron chi connectivity index (χ2n) is 5.38. The van der Waals surface area contributed by atoms with E-state index in [4.69, 9.17) is 0 Å². The SMILES string of the molecule is CC1CN(C(=O)CNCC(F)(F)F)CC1(C)C. The van der Waals surface area contributed by atoms with E-state index in [9.17, 15) is 18.0 Å². The third-order valence-corrected chi connectivity index (χ3v) is 3.38. The Labute approximate surface area is 99.4 Å². The Morgan fingerprint density at radius 1 is 1.47 bits per heavy atom. The van der Waals surface area contributed by atoms with Gasteiger partial charge in [-0.3, -0.25) is 4.79 Å². The molecule has 17 heavy (non-hydrogen) atoms. The van der Waals surface area contributed by atoms with Gasteiger partial charge in [0.25, 0.3) is 0 Å². The van der Waals surface area contributed by atoms with E-state index in [0.717, 1.165) is 0 Å². The standard InChI is InChI=1S/C11H19F3N2O/c1-8-5-16(7-10(8,2)3)9(17)4-15-6-11(12,13)14/h8,15H,4-7H2,1-3H3. The van der Waals surface area contributed by atoms with Gasteiger partial charge in [0, 0.05) is 13.1 Å². The average Bonchev–Trinajstić information content (AvgIpc) is 2.39. The van der Waals surface area contributed by atoms with Crippen LogP contribution in [0.15, 0.2) is 0 Å². The number of amides is 1. The van der Waals surface area contributed by atoms with Crippen molar-refractivity contribution in [2.24, 2.45) is 11.3 Å². The minimum atomic E-state index is -4.27. The van der Waals surface area contributed by atoms with Crippen LogP contribution in [-0.2, 0) is 4.79 Å². The number of likely N-dealkylation sites (tertiary alicyclic amines) is 1. The summed E-state index contributed by atoms with van der Waals surface area (Å²) in [4.78, 5) is 13.3. The van der Waals surface area contributed by atoms with E-state index in [1.165, 1.54) is 0 Å². The van der Waals surface area contributed by atoms with E-state index in [2.05, 4.69) is 26.1 Å². The van der Waals surface area contributed by atoms with E-state index in [1.54, 1.807) is 4.90 Å². The molecular weight excluding hydrogens is 233 g/mol. The smallest absolute Gasteiger partial charge is 0.341 e. The molecule has 1 fully saturated rings. The molecule has 0 bridgehead atoms. The molecule has 0 aromatic heterocycles. The van der Waals surface area contributed by atoms with E-state index in [1.807, 2.05) is 0 Å². The van der Waals surface area contributed by atoms with Crippen molar-refractivity contribution in [1.82, 2.24) is 10.2 Å². The summed E-state index contributed by atoms with van der Waals surface area (Å²) in [5, 5.41) is 2.13. The fraction of sp³-hybridized carbons (Fsp3) is 0.909. The quantitative estimate of drug-likeness (QED) is 0.828. The number of hydrogen-bond acceptors (Lipinski definition) is 2. The van der Waals surface area contributed by atoms with E-state index in [-0.39, 0.29) is 17.9 Å². The highest BCUT2D eigenvalue weighted by Gasteiger charge is 2.38. The second kappa shape index (κ2) is 4.84. The number of rotatable bonds is 3. The number of nitrogens with one attached hydrogen (secondary N) is 1. The molecule has 1 rings (SSSR count). The van der Waals surface area contributed by atoms with Gasteiger partial charge >= 0.3 is 6.18 Å². The number of nitrogens with zero attached hydrogens (tertiary/aromatic N) is 1. The fourth-order valence-electron chi connectivity index (χ4n) is 1.90. The van der Waals surface area contributed by atoms with Crippen molar-refractivity contribution in [2.45, 2.75) is 26.9 Å². The summed E-state index contributed by atoms with van der Waals surface area (Å²) in [7, 11) is 0. The number of hydrogen-bond donors (Lipinski definition) is 1. The van der Waals surface area contributed by atoms with Crippen molar-refractivity contribution >= 4 is 5.91 Å². The molecule has 0 aromatic rings. The Kier molecular flexibility index (Phi) is 4.06. The fourth-order valence-corrected chi connectivity index (χ4v) is 1.90. The van der Waals surface area contributed by atoms with Gasteiger partial charge in [-0.2, -0.15) is 13.2 Å². The predicted molar refractivity (Wildman–Crippen MR) is 58.4 cm³/mol. The first kappa shape index (κ1) is 14.3. The first-order valence-corrected chi connectivity index (χ1v) is 5.67. The van der Waals surface area contributed by atoms with Crippen molar-refractivity contribution in [3.8, 4) is 0 Å². The van der Waals surface area contributed by atoms with Crippen molar-refractivity contribution in [1.29, 1.82) is 0 Å². The molecule has 1 atom stereocenters. The average molecular weight is 252 g/mol. The summed E-state index contributed by atoms with van der Waals surface area (Å²) in [6.45, 7) is 6.05. The maximum atomic E-state index is 11.9. The molecule has 0 aliphatic carbocycles. The van der Waals surface area contributed by atoms with Gasteiger partial charge in [0.1, 0.15) is 0 Å². The Hall–Kier alpha value is -0.780. The number of halogens is 3. The van der Waals surface area contributed by atoms with Crippen LogP contribution in [0.25, 0.3) is 0 Å². The summed E-state index contributed by atoms with van der Waals surface area (Å²) >= 11 is 0. The first-order chi connectivity index (χ1) is 7.62. The number of carbonyl (C=O) groups is 1. The third-order valence-electron chi connectivity index (χ3n) is 3.38. The zero-order chi connectivity index (χ0) is 13.3. The molecule has 0 spiro atoms. The normalized spacial score (nSPS) is 24.1. The summed E-state index contributed by atoms with van der Waals surface area (Å²) < 4.78 is 35.6. The van der Waals surface area contributed by atoms with Crippen LogP contribution in [0.5, 0.6) is 0 Å². The lowest BCUT2D eigenvalue weighted by molar-refractivity contribution is -0.133. The van der Waals surface area contributed by atoms with Crippen LogP contribution in [0.2, 0.25) is 0 Å². The molecule has 6 heteroatoms. The molecule has 1 heterocycles. The highest BCUT2D eigenvalue weighted by Crippen LogP contribution is 2.34. The zero-order valence-electron chi connectivity index (χ0n) is 10.4. The van der Waals surface area contributed by atoms with E-state index in [0.29, 0.717) is 19.0 Å². The molecule has 1 saturated heterocycles. The van der Waals surface area contributed by atoms with Gasteiger partial charge in [0.2, 0.25) is 5.91 Å². The summed E-state index contributed by atoms with van der Waals surface area (Å²) in [6.07, 6.45) is -4.27. The first-order valence-electron chi connectivity index (χ1n) is 5.67. The highest BCUT2D eigenvalue weighted by molar-refractivity contribution is 5.78. The largest absolute Gasteiger partial charge is 0.401 e. The van der Waals surface area contributed by atoms with Crippen LogP contribution in [0.3, 0.4) is 0 Å². The molecule has 1 amide bonds. The summed E-state index contributed by atoms with van der Waals surface area (Å²) in [6, 6.07) is 0. The third kappa shape index (κ3) is 4.18. The van der Waals surface area contributed by atoms with Crippen LogP contribution >= 0.6 is 0 Å². The zero-order valence-corrected chi connectivity index (χ0v) is 10.4. The van der Waals surface area contributed by atoms with Gasteiger partial charge in [0.15, 0.2) is 0 Å². The summed E-state index contributed by atoms with van der Waals surface area (Å²) in [5.74, 6) is 0.112. The lowest BCUT2D eigenvalue weighted by atomic mass is 9.84. The van der Waals surface area contributed by atoms with Crippen molar-refractivity contribution in [2.75, 3.05) is 26.2 Å². The molecule has 1 unspecified atom stereocenters. The lowest BCUT2D eigenvalue weighted by Gasteiger charge is -2.22. The number of alkyl halides is 3. The minimum Gasteiger partial charge on any atom is -0.341 e. The van der Waals surface area contributed by atoms with Gasteiger partial charge in [-0.1, -0.05) is 20.8 Å². The monoisotopic (exact) mass is 252 g/mol. The molecule has 1 aliphatic heterocycles. The molecule has 100 valence electrons. The van der Waals surface area contributed by atoms with Crippen molar-refractivity contribution < 1.29 is 18.0 Å². The molecular formula is C11H19F3N2O. The van der Waals surface area contributed by atoms with Crippen LogP contribution in [0.4, 0.5) is 13.2 Å². The molecule has 3 nitrogen and oxygen atoms in total. The molecule has 0 aromatic carbocycles. The Bertz CT molecular complexity index is 289. The topological polar surface area (TPSA) is 32.3 Å². The number of carbonyl (C=O) groups excluding carboxylic acids is 1. The van der Waals surface area contributed by atoms with Gasteiger partial charge in [-0.25, -0.2) is 0 Å². The Balaban J connectivity index is 2.35. The van der Waals surface area contributed by atoms with Crippen LogP contribution < -0.4 is 5.32 Å². The van der Waals surface area contributed by atoms with Crippen LogP contribution in [-0.4, -0.2) is 43.2 Å². The van der Waals surface area contributed by atoms with Gasteiger partial charge in [0.05, 0.1) is 13.1 Å². The maximum absolute atomic E-state index is 11.9. The van der Waals surface area contributed by atoms with Crippen LogP contribution in [0, 0.1) is 11.3 Å². The van der Waals surface area contributed by atoms with Crippen molar-refractivity contribution in [3.05, 3.63) is 0 Å².